The summed E-state index contributed by atoms with van der Waals surface area (Å²) in [6.45, 7) is 3.71. The minimum absolute atomic E-state index is 0.0451. The Bertz CT molecular complexity index is 796. The molecule has 0 aliphatic heterocycles. The summed E-state index contributed by atoms with van der Waals surface area (Å²) in [5, 5.41) is 0. The second-order valence-corrected chi connectivity index (χ2v) is 6.03. The summed E-state index contributed by atoms with van der Waals surface area (Å²) in [6, 6.07) is 7.31. The van der Waals surface area contributed by atoms with Gasteiger partial charge in [0.2, 0.25) is 0 Å². The Morgan fingerprint density at radius 2 is 1.14 bits per heavy atom. The highest BCUT2D eigenvalue weighted by Gasteiger charge is 2.50. The zero-order chi connectivity index (χ0) is 15.8. The van der Waals surface area contributed by atoms with Crippen LogP contribution in [0.3, 0.4) is 0 Å². The topological polar surface area (TPSA) is 0 Å². The molecule has 0 unspecified atom stereocenters. The molecular formula is C18H12F4. The first-order chi connectivity index (χ1) is 10.4. The van der Waals surface area contributed by atoms with E-state index in [2.05, 4.69) is 0 Å². The Hall–Kier alpha value is -2.10. The van der Waals surface area contributed by atoms with Crippen LogP contribution in [-0.2, 0) is 0 Å². The molecule has 2 aromatic carbocycles. The monoisotopic (exact) mass is 304 g/mol. The largest absolute Gasteiger partial charge is 0.203 e. The van der Waals surface area contributed by atoms with Crippen molar-refractivity contribution in [3.63, 3.8) is 0 Å². The molecule has 0 heterocycles. The van der Waals surface area contributed by atoms with E-state index in [1.165, 1.54) is 0 Å². The molecule has 0 aromatic heterocycles. The first-order valence-corrected chi connectivity index (χ1v) is 7.07. The summed E-state index contributed by atoms with van der Waals surface area (Å²) < 4.78 is 56.0. The van der Waals surface area contributed by atoms with Gasteiger partial charge in [-0.2, -0.15) is 0 Å². The number of halogens is 4. The van der Waals surface area contributed by atoms with Crippen LogP contribution < -0.4 is 0 Å². The molecule has 4 heteroatoms. The van der Waals surface area contributed by atoms with Crippen molar-refractivity contribution in [1.29, 1.82) is 0 Å². The molecule has 2 atom stereocenters. The molecule has 0 N–H and O–H groups in total. The fraction of sp³-hybridized carbons (Fsp3) is 0.222. The Morgan fingerprint density at radius 3 is 1.50 bits per heavy atom. The van der Waals surface area contributed by atoms with Crippen LogP contribution >= 0.6 is 0 Å². The maximum atomic E-state index is 14.3. The van der Waals surface area contributed by atoms with Crippen LogP contribution in [0.1, 0.15) is 47.9 Å². The molecule has 0 amide bonds. The molecule has 0 nitrogen and oxygen atoms in total. The first-order valence-electron chi connectivity index (χ1n) is 7.07. The summed E-state index contributed by atoms with van der Waals surface area (Å²) in [6.07, 6.45) is 0. The minimum atomic E-state index is -1.73. The standard InChI is InChI=1S/C18H12F4/c1-7(2)10-11-8-5-3-4-6-9(8)12(10)14-13(11)15(19)17(21)18(22)16(14)20/h3-6,11-12H,1-2H3/t11-,12-/m0/s1. The van der Waals surface area contributed by atoms with E-state index in [4.69, 9.17) is 0 Å². The van der Waals surface area contributed by atoms with E-state index < -0.39 is 35.1 Å². The molecule has 0 radical (unpaired) electrons. The summed E-state index contributed by atoms with van der Waals surface area (Å²) in [5.74, 6) is -7.04. The van der Waals surface area contributed by atoms with Crippen molar-refractivity contribution < 1.29 is 17.6 Å². The summed E-state index contributed by atoms with van der Waals surface area (Å²) in [7, 11) is 0. The highest BCUT2D eigenvalue weighted by atomic mass is 19.2. The number of benzene rings is 2. The smallest absolute Gasteiger partial charge is 0.197 e. The quantitative estimate of drug-likeness (QED) is 0.272. The van der Waals surface area contributed by atoms with Crippen LogP contribution in [0, 0.1) is 23.3 Å². The molecule has 0 saturated heterocycles. The van der Waals surface area contributed by atoms with Crippen LogP contribution in [0.5, 0.6) is 0 Å². The minimum Gasteiger partial charge on any atom is -0.203 e. The summed E-state index contributed by atoms with van der Waals surface area (Å²) in [4.78, 5) is 0. The van der Waals surface area contributed by atoms with Gasteiger partial charge in [0.05, 0.1) is 0 Å². The third-order valence-electron chi connectivity index (χ3n) is 4.74. The van der Waals surface area contributed by atoms with Gasteiger partial charge in [0.25, 0.3) is 0 Å². The normalized spacial score (nSPS) is 21.1. The number of rotatable bonds is 0. The Labute approximate surface area is 125 Å². The van der Waals surface area contributed by atoms with Crippen molar-refractivity contribution in [2.45, 2.75) is 25.7 Å². The van der Waals surface area contributed by atoms with Crippen LogP contribution in [0.2, 0.25) is 0 Å². The molecule has 4 rings (SSSR count). The number of hydrogen-bond donors (Lipinski definition) is 0. The molecular weight excluding hydrogens is 292 g/mol. The van der Waals surface area contributed by atoms with Crippen molar-refractivity contribution in [2.75, 3.05) is 0 Å². The predicted molar refractivity (Wildman–Crippen MR) is 74.8 cm³/mol. The van der Waals surface area contributed by atoms with Crippen LogP contribution in [-0.4, -0.2) is 0 Å². The molecule has 2 aliphatic rings. The van der Waals surface area contributed by atoms with Crippen LogP contribution in [0.4, 0.5) is 17.6 Å². The van der Waals surface area contributed by atoms with Gasteiger partial charge in [-0.3, -0.25) is 0 Å². The van der Waals surface area contributed by atoms with Gasteiger partial charge in [0.15, 0.2) is 23.3 Å². The second-order valence-electron chi connectivity index (χ2n) is 6.03. The second kappa shape index (κ2) is 4.22. The van der Waals surface area contributed by atoms with Gasteiger partial charge in [0.1, 0.15) is 0 Å². The van der Waals surface area contributed by atoms with E-state index in [9.17, 15) is 17.6 Å². The lowest BCUT2D eigenvalue weighted by Gasteiger charge is -2.20. The van der Waals surface area contributed by atoms with E-state index in [1.807, 2.05) is 38.1 Å². The third kappa shape index (κ3) is 1.38. The first kappa shape index (κ1) is 13.6. The summed E-state index contributed by atoms with van der Waals surface area (Å²) in [5.41, 5.74) is 3.36. The Balaban J connectivity index is 2.16. The average molecular weight is 304 g/mol. The van der Waals surface area contributed by atoms with Crippen LogP contribution in [0.25, 0.3) is 0 Å². The SMILES string of the molecule is CC(C)=C1[C@@H]2c3ccccc3[C@@H]1c1c(F)c(F)c(F)c(F)c12. The fourth-order valence-corrected chi connectivity index (χ4v) is 3.97. The van der Waals surface area contributed by atoms with E-state index >= 15 is 0 Å². The number of hydrogen-bond acceptors (Lipinski definition) is 0. The molecule has 112 valence electrons. The van der Waals surface area contributed by atoms with Crippen molar-refractivity contribution in [3.8, 4) is 0 Å². The zero-order valence-electron chi connectivity index (χ0n) is 12.0. The van der Waals surface area contributed by atoms with Gasteiger partial charge >= 0.3 is 0 Å². The lowest BCUT2D eigenvalue weighted by molar-refractivity contribution is 0.400. The Morgan fingerprint density at radius 1 is 0.727 bits per heavy atom. The van der Waals surface area contributed by atoms with Gasteiger partial charge in [0, 0.05) is 23.0 Å². The maximum absolute atomic E-state index is 14.3. The van der Waals surface area contributed by atoms with E-state index in [1.54, 1.807) is 0 Å². The van der Waals surface area contributed by atoms with Crippen molar-refractivity contribution in [3.05, 3.63) is 80.9 Å². The maximum Gasteiger partial charge on any atom is 0.197 e. The lowest BCUT2D eigenvalue weighted by atomic mass is 9.85. The molecule has 0 spiro atoms. The van der Waals surface area contributed by atoms with Crippen molar-refractivity contribution in [1.82, 2.24) is 0 Å². The highest BCUT2D eigenvalue weighted by molar-refractivity contribution is 5.70. The van der Waals surface area contributed by atoms with E-state index in [0.717, 1.165) is 22.3 Å². The molecule has 2 bridgehead atoms. The molecule has 0 fully saturated rings. The van der Waals surface area contributed by atoms with Gasteiger partial charge in [-0.25, -0.2) is 17.6 Å². The van der Waals surface area contributed by atoms with Crippen LogP contribution in [0.15, 0.2) is 35.4 Å². The van der Waals surface area contributed by atoms with E-state index in [0.29, 0.717) is 0 Å². The molecule has 2 aliphatic carbocycles. The fourth-order valence-electron chi connectivity index (χ4n) is 3.97. The van der Waals surface area contributed by atoms with Crippen molar-refractivity contribution in [2.24, 2.45) is 0 Å². The van der Waals surface area contributed by atoms with Gasteiger partial charge in [-0.1, -0.05) is 29.8 Å². The van der Waals surface area contributed by atoms with Gasteiger partial charge in [-0.15, -0.1) is 0 Å². The number of fused-ring (bicyclic) bond motifs is 8. The summed E-state index contributed by atoms with van der Waals surface area (Å²) >= 11 is 0. The lowest BCUT2D eigenvalue weighted by Crippen LogP contribution is -2.12. The molecule has 2 aromatic rings. The Kier molecular flexibility index (Phi) is 2.60. The average Bonchev–Trinajstić information content (AvgIpc) is 3.03. The zero-order valence-corrected chi connectivity index (χ0v) is 12.0. The third-order valence-corrected chi connectivity index (χ3v) is 4.74. The van der Waals surface area contributed by atoms with Gasteiger partial charge in [-0.05, 0) is 30.5 Å². The molecule has 22 heavy (non-hydrogen) atoms. The highest BCUT2D eigenvalue weighted by Crippen LogP contribution is 2.62. The predicted octanol–water partition coefficient (Wildman–Crippen LogP) is 5.17. The number of allylic oxidation sites excluding steroid dienone is 2. The van der Waals surface area contributed by atoms with E-state index in [-0.39, 0.29) is 11.1 Å². The van der Waals surface area contributed by atoms with Gasteiger partial charge < -0.3 is 0 Å². The molecule has 0 saturated carbocycles. The van der Waals surface area contributed by atoms with Crippen molar-refractivity contribution >= 4 is 0 Å².